The second-order valence-corrected chi connectivity index (χ2v) is 3.91. The molecule has 14 heavy (non-hydrogen) atoms. The zero-order valence-electron chi connectivity index (χ0n) is 8.41. The maximum atomic E-state index is 5.49. The van der Waals surface area contributed by atoms with Gasteiger partial charge in [-0.3, -0.25) is 4.90 Å². The van der Waals surface area contributed by atoms with Crippen molar-refractivity contribution in [1.82, 2.24) is 10.1 Å². The molecule has 4 heteroatoms. The molecule has 1 fully saturated rings. The summed E-state index contributed by atoms with van der Waals surface area (Å²) < 4.78 is 5.09. The van der Waals surface area contributed by atoms with Crippen LogP contribution in [0.3, 0.4) is 0 Å². The average Bonchev–Trinajstić information content (AvgIpc) is 2.43. The molecule has 1 aromatic heterocycles. The summed E-state index contributed by atoms with van der Waals surface area (Å²) in [6.45, 7) is 3.19. The van der Waals surface area contributed by atoms with Gasteiger partial charge >= 0.3 is 0 Å². The van der Waals surface area contributed by atoms with Crippen molar-refractivity contribution < 1.29 is 4.52 Å². The van der Waals surface area contributed by atoms with E-state index in [1.54, 1.807) is 0 Å². The highest BCUT2D eigenvalue weighted by atomic mass is 16.5. The van der Waals surface area contributed by atoms with Gasteiger partial charge in [-0.25, -0.2) is 0 Å². The lowest BCUT2D eigenvalue weighted by Gasteiger charge is -2.17. The van der Waals surface area contributed by atoms with Crippen LogP contribution in [0.25, 0.3) is 0 Å². The predicted octanol–water partition coefficient (Wildman–Crippen LogP) is 1.63. The van der Waals surface area contributed by atoms with Gasteiger partial charge in [0.1, 0.15) is 0 Å². The van der Waals surface area contributed by atoms with Crippen molar-refractivity contribution in [3.8, 4) is 0 Å². The van der Waals surface area contributed by atoms with Crippen LogP contribution in [0.2, 0.25) is 0 Å². The Hall–Kier alpha value is -1.03. The summed E-state index contributed by atoms with van der Waals surface area (Å²) in [5, 5.41) is 3.68. The SMILES string of the molecule is Nc1cc(CN2CCCCCC2)on1. The van der Waals surface area contributed by atoms with Gasteiger partial charge < -0.3 is 10.3 Å². The van der Waals surface area contributed by atoms with Crippen molar-refractivity contribution >= 4 is 5.82 Å². The molecule has 2 heterocycles. The van der Waals surface area contributed by atoms with Crippen LogP contribution in [0.15, 0.2) is 10.6 Å². The van der Waals surface area contributed by atoms with E-state index in [0.29, 0.717) is 5.82 Å². The maximum absolute atomic E-state index is 5.49. The van der Waals surface area contributed by atoms with Gasteiger partial charge in [-0.05, 0) is 25.9 Å². The van der Waals surface area contributed by atoms with E-state index < -0.39 is 0 Å². The normalized spacial score (nSPS) is 19.4. The van der Waals surface area contributed by atoms with E-state index in [-0.39, 0.29) is 0 Å². The van der Waals surface area contributed by atoms with Gasteiger partial charge in [-0.2, -0.15) is 0 Å². The van der Waals surface area contributed by atoms with Crippen LogP contribution >= 0.6 is 0 Å². The first-order valence-corrected chi connectivity index (χ1v) is 5.28. The number of hydrogen-bond acceptors (Lipinski definition) is 4. The highest BCUT2D eigenvalue weighted by Crippen LogP contribution is 2.14. The van der Waals surface area contributed by atoms with Crippen molar-refractivity contribution in [3.05, 3.63) is 11.8 Å². The minimum Gasteiger partial charge on any atom is -0.381 e. The number of rotatable bonds is 2. The zero-order valence-corrected chi connectivity index (χ0v) is 8.41. The van der Waals surface area contributed by atoms with Crippen LogP contribution in [0.4, 0.5) is 5.82 Å². The maximum Gasteiger partial charge on any atom is 0.167 e. The Balaban J connectivity index is 1.89. The highest BCUT2D eigenvalue weighted by molar-refractivity contribution is 5.26. The molecule has 1 aliphatic heterocycles. The summed E-state index contributed by atoms with van der Waals surface area (Å²) in [6, 6.07) is 1.81. The van der Waals surface area contributed by atoms with E-state index in [0.717, 1.165) is 12.3 Å². The first-order valence-electron chi connectivity index (χ1n) is 5.28. The Morgan fingerprint density at radius 3 is 2.57 bits per heavy atom. The average molecular weight is 195 g/mol. The number of hydrogen-bond donors (Lipinski definition) is 1. The van der Waals surface area contributed by atoms with Crippen LogP contribution in [-0.4, -0.2) is 23.1 Å². The molecule has 0 atom stereocenters. The molecule has 2 rings (SSSR count). The molecule has 1 aromatic rings. The Kier molecular flexibility index (Phi) is 3.03. The molecule has 0 unspecified atom stereocenters. The Labute approximate surface area is 84.0 Å². The van der Waals surface area contributed by atoms with E-state index in [4.69, 9.17) is 10.3 Å². The summed E-state index contributed by atoms with van der Waals surface area (Å²) in [5.74, 6) is 1.36. The lowest BCUT2D eigenvalue weighted by Crippen LogP contribution is -2.23. The van der Waals surface area contributed by atoms with E-state index in [2.05, 4.69) is 10.1 Å². The van der Waals surface area contributed by atoms with Crippen LogP contribution < -0.4 is 5.73 Å². The first-order chi connectivity index (χ1) is 6.84. The van der Waals surface area contributed by atoms with E-state index >= 15 is 0 Å². The number of likely N-dealkylation sites (tertiary alicyclic amines) is 1. The van der Waals surface area contributed by atoms with Crippen LogP contribution in [0, 0.1) is 0 Å². The molecule has 2 N–H and O–H groups in total. The third-order valence-electron chi connectivity index (χ3n) is 2.66. The summed E-state index contributed by atoms with van der Waals surface area (Å²) in [5.41, 5.74) is 5.49. The molecular formula is C10H17N3O. The molecule has 1 saturated heterocycles. The molecule has 0 amide bonds. The minimum atomic E-state index is 0.481. The molecule has 0 saturated carbocycles. The summed E-state index contributed by atoms with van der Waals surface area (Å²) in [4.78, 5) is 2.41. The molecule has 78 valence electrons. The Bertz CT molecular complexity index is 277. The number of nitrogens with zero attached hydrogens (tertiary/aromatic N) is 2. The smallest absolute Gasteiger partial charge is 0.167 e. The van der Waals surface area contributed by atoms with Gasteiger partial charge in [0.15, 0.2) is 11.6 Å². The largest absolute Gasteiger partial charge is 0.381 e. The standard InChI is InChI=1S/C10H17N3O/c11-10-7-9(14-12-10)8-13-5-3-1-2-4-6-13/h7H,1-6,8H2,(H2,11,12). The van der Waals surface area contributed by atoms with Gasteiger partial charge in [0.05, 0.1) is 6.54 Å². The lowest BCUT2D eigenvalue weighted by atomic mass is 10.2. The first kappa shape index (κ1) is 9.52. The zero-order chi connectivity index (χ0) is 9.80. The summed E-state index contributed by atoms with van der Waals surface area (Å²) >= 11 is 0. The van der Waals surface area contributed by atoms with Crippen molar-refractivity contribution in [2.45, 2.75) is 32.2 Å². The van der Waals surface area contributed by atoms with Gasteiger partial charge in [-0.1, -0.05) is 18.0 Å². The minimum absolute atomic E-state index is 0.481. The van der Waals surface area contributed by atoms with Gasteiger partial charge in [0.2, 0.25) is 0 Å². The lowest BCUT2D eigenvalue weighted by molar-refractivity contribution is 0.239. The number of nitrogen functional groups attached to an aromatic ring is 1. The quantitative estimate of drug-likeness (QED) is 0.779. The fourth-order valence-electron chi connectivity index (χ4n) is 1.92. The molecule has 4 nitrogen and oxygen atoms in total. The second kappa shape index (κ2) is 4.46. The van der Waals surface area contributed by atoms with Gasteiger partial charge in [-0.15, -0.1) is 0 Å². The Morgan fingerprint density at radius 2 is 2.00 bits per heavy atom. The molecule has 1 aliphatic rings. The van der Waals surface area contributed by atoms with Crippen molar-refractivity contribution in [2.75, 3.05) is 18.8 Å². The van der Waals surface area contributed by atoms with Crippen molar-refractivity contribution in [1.29, 1.82) is 0 Å². The summed E-state index contributed by atoms with van der Waals surface area (Å²) in [7, 11) is 0. The van der Waals surface area contributed by atoms with Gasteiger partial charge in [0.25, 0.3) is 0 Å². The molecule has 0 radical (unpaired) electrons. The van der Waals surface area contributed by atoms with E-state index in [1.807, 2.05) is 6.07 Å². The van der Waals surface area contributed by atoms with E-state index in [9.17, 15) is 0 Å². The number of nitrogens with two attached hydrogens (primary N) is 1. The number of anilines is 1. The Morgan fingerprint density at radius 1 is 1.29 bits per heavy atom. The van der Waals surface area contributed by atoms with E-state index in [1.165, 1.54) is 38.8 Å². The molecular weight excluding hydrogens is 178 g/mol. The second-order valence-electron chi connectivity index (χ2n) is 3.91. The molecule has 0 aliphatic carbocycles. The van der Waals surface area contributed by atoms with Crippen LogP contribution in [0.1, 0.15) is 31.4 Å². The molecule has 0 aromatic carbocycles. The monoisotopic (exact) mass is 195 g/mol. The fraction of sp³-hybridized carbons (Fsp3) is 0.700. The molecule has 0 bridgehead atoms. The van der Waals surface area contributed by atoms with Crippen LogP contribution in [-0.2, 0) is 6.54 Å². The highest BCUT2D eigenvalue weighted by Gasteiger charge is 2.11. The van der Waals surface area contributed by atoms with Crippen molar-refractivity contribution in [2.24, 2.45) is 0 Å². The van der Waals surface area contributed by atoms with Crippen molar-refractivity contribution in [3.63, 3.8) is 0 Å². The summed E-state index contributed by atoms with van der Waals surface area (Å²) in [6.07, 6.45) is 5.30. The predicted molar refractivity (Wildman–Crippen MR) is 54.7 cm³/mol. The molecule has 0 spiro atoms. The van der Waals surface area contributed by atoms with Crippen LogP contribution in [0.5, 0.6) is 0 Å². The van der Waals surface area contributed by atoms with Gasteiger partial charge in [0, 0.05) is 6.07 Å². The third kappa shape index (κ3) is 2.48. The topological polar surface area (TPSA) is 55.3 Å². The fourth-order valence-corrected chi connectivity index (χ4v) is 1.92. The number of aromatic nitrogens is 1. The third-order valence-corrected chi connectivity index (χ3v) is 2.66.